The molecular formula is C15H20N6O2. The first-order valence-electron chi connectivity index (χ1n) is 7.50. The van der Waals surface area contributed by atoms with Crippen LogP contribution in [0.1, 0.15) is 37.0 Å². The van der Waals surface area contributed by atoms with Crippen LogP contribution in [0.4, 0.5) is 0 Å². The molecule has 2 rings (SSSR count). The molecule has 1 aromatic heterocycles. The second kappa shape index (κ2) is 7.48. The van der Waals surface area contributed by atoms with Crippen LogP contribution in [-0.2, 0) is 11.3 Å². The van der Waals surface area contributed by atoms with Crippen LogP contribution in [-0.4, -0.2) is 38.1 Å². The van der Waals surface area contributed by atoms with E-state index in [2.05, 4.69) is 20.7 Å². The van der Waals surface area contributed by atoms with Gasteiger partial charge >= 0.3 is 0 Å². The zero-order chi connectivity index (χ0) is 16.8. The number of rotatable bonds is 7. The van der Waals surface area contributed by atoms with Gasteiger partial charge in [-0.05, 0) is 30.2 Å². The maximum atomic E-state index is 11.9. The molecule has 0 aliphatic rings. The first-order chi connectivity index (χ1) is 11.0. The Morgan fingerprint density at radius 3 is 2.43 bits per heavy atom. The van der Waals surface area contributed by atoms with Crippen LogP contribution in [0.25, 0.3) is 11.4 Å². The first-order valence-corrected chi connectivity index (χ1v) is 7.50. The van der Waals surface area contributed by atoms with E-state index in [0.717, 1.165) is 12.8 Å². The van der Waals surface area contributed by atoms with E-state index in [0.29, 0.717) is 17.0 Å². The summed E-state index contributed by atoms with van der Waals surface area (Å²) in [6, 6.07) is 6.72. The van der Waals surface area contributed by atoms with Gasteiger partial charge in [0, 0.05) is 17.2 Å². The monoisotopic (exact) mass is 316 g/mol. The Labute approximate surface area is 134 Å². The molecule has 0 fully saturated rings. The third-order valence-corrected chi connectivity index (χ3v) is 3.52. The number of carbonyl (C=O) groups excluding carboxylic acids is 2. The summed E-state index contributed by atoms with van der Waals surface area (Å²) in [4.78, 5) is 24.2. The Bertz CT molecular complexity index is 676. The van der Waals surface area contributed by atoms with Gasteiger partial charge in [0.2, 0.25) is 17.6 Å². The summed E-state index contributed by atoms with van der Waals surface area (Å²) in [6.07, 6.45) is 1.76. The lowest BCUT2D eigenvalue weighted by molar-refractivity contribution is -0.122. The summed E-state index contributed by atoms with van der Waals surface area (Å²) < 4.78 is 0. The van der Waals surface area contributed by atoms with Gasteiger partial charge in [0.15, 0.2) is 0 Å². The third kappa shape index (κ3) is 4.35. The quantitative estimate of drug-likeness (QED) is 0.781. The number of tetrazole rings is 1. The van der Waals surface area contributed by atoms with Crippen molar-refractivity contribution in [3.8, 4) is 11.4 Å². The van der Waals surface area contributed by atoms with Gasteiger partial charge in [0.05, 0.1) is 0 Å². The number of hydrogen-bond donors (Lipinski definition) is 2. The molecule has 8 heteroatoms. The Balaban J connectivity index is 2.02. The Morgan fingerprint density at radius 2 is 1.87 bits per heavy atom. The summed E-state index contributed by atoms with van der Waals surface area (Å²) >= 11 is 0. The minimum absolute atomic E-state index is 0.0167. The molecule has 23 heavy (non-hydrogen) atoms. The Kier molecular flexibility index (Phi) is 5.40. The van der Waals surface area contributed by atoms with Crippen molar-refractivity contribution in [1.82, 2.24) is 25.5 Å². The normalized spacial score (nSPS) is 10.7. The molecular weight excluding hydrogens is 296 g/mol. The van der Waals surface area contributed by atoms with Crippen molar-refractivity contribution in [2.45, 2.75) is 39.3 Å². The number of nitrogens with zero attached hydrogens (tertiary/aromatic N) is 4. The fourth-order valence-electron chi connectivity index (χ4n) is 2.10. The van der Waals surface area contributed by atoms with Gasteiger partial charge in [0.25, 0.3) is 0 Å². The van der Waals surface area contributed by atoms with Gasteiger partial charge in [-0.2, -0.15) is 4.80 Å². The lowest BCUT2D eigenvalue weighted by Gasteiger charge is -2.13. The molecule has 122 valence electrons. The molecule has 0 bridgehead atoms. The summed E-state index contributed by atoms with van der Waals surface area (Å²) in [5, 5.41) is 14.9. The number of nitrogens with two attached hydrogens (primary N) is 1. The zero-order valence-corrected chi connectivity index (χ0v) is 13.2. The second-order valence-electron chi connectivity index (χ2n) is 5.17. The summed E-state index contributed by atoms with van der Waals surface area (Å²) in [5.74, 6) is -0.255. The third-order valence-electron chi connectivity index (χ3n) is 3.52. The maximum absolute atomic E-state index is 11.9. The van der Waals surface area contributed by atoms with Gasteiger partial charge in [-0.3, -0.25) is 9.59 Å². The van der Waals surface area contributed by atoms with E-state index in [4.69, 9.17) is 5.73 Å². The topological polar surface area (TPSA) is 116 Å². The summed E-state index contributed by atoms with van der Waals surface area (Å²) in [5.41, 5.74) is 6.30. The van der Waals surface area contributed by atoms with Crippen LogP contribution < -0.4 is 11.1 Å². The van der Waals surface area contributed by atoms with Crippen molar-refractivity contribution in [3.05, 3.63) is 29.8 Å². The average Bonchev–Trinajstić information content (AvgIpc) is 3.01. The molecule has 2 aromatic rings. The minimum atomic E-state index is -0.494. The Hall–Kier alpha value is -2.77. The van der Waals surface area contributed by atoms with Crippen LogP contribution in [0.5, 0.6) is 0 Å². The number of aromatic nitrogens is 4. The van der Waals surface area contributed by atoms with Crippen LogP contribution >= 0.6 is 0 Å². The number of benzene rings is 1. The highest BCUT2D eigenvalue weighted by molar-refractivity contribution is 5.93. The highest BCUT2D eigenvalue weighted by Crippen LogP contribution is 2.14. The highest BCUT2D eigenvalue weighted by atomic mass is 16.2. The highest BCUT2D eigenvalue weighted by Gasteiger charge is 2.12. The van der Waals surface area contributed by atoms with Crippen LogP contribution in [0.2, 0.25) is 0 Å². The van der Waals surface area contributed by atoms with E-state index in [9.17, 15) is 9.59 Å². The van der Waals surface area contributed by atoms with Crippen molar-refractivity contribution in [2.24, 2.45) is 5.73 Å². The fraction of sp³-hybridized carbons (Fsp3) is 0.400. The zero-order valence-electron chi connectivity index (χ0n) is 13.2. The molecule has 0 radical (unpaired) electrons. The standard InChI is InChI=1S/C15H20N6O2/c1-3-12(4-2)17-13(22)9-21-19-15(18-20-21)11-7-5-10(6-8-11)14(16)23/h5-8,12H,3-4,9H2,1-2H3,(H2,16,23)(H,17,22). The molecule has 3 N–H and O–H groups in total. The van der Waals surface area contributed by atoms with E-state index in [-0.39, 0.29) is 18.5 Å². The van der Waals surface area contributed by atoms with E-state index in [1.807, 2.05) is 13.8 Å². The van der Waals surface area contributed by atoms with E-state index in [1.54, 1.807) is 24.3 Å². The molecule has 0 unspecified atom stereocenters. The van der Waals surface area contributed by atoms with Crippen molar-refractivity contribution in [1.29, 1.82) is 0 Å². The van der Waals surface area contributed by atoms with E-state index >= 15 is 0 Å². The molecule has 0 saturated carbocycles. The van der Waals surface area contributed by atoms with Crippen molar-refractivity contribution < 1.29 is 9.59 Å². The number of nitrogens with one attached hydrogen (secondary N) is 1. The summed E-state index contributed by atoms with van der Waals surface area (Å²) in [6.45, 7) is 4.06. The number of hydrogen-bond acceptors (Lipinski definition) is 5. The number of amides is 2. The smallest absolute Gasteiger partial charge is 0.248 e. The van der Waals surface area contributed by atoms with Gasteiger partial charge < -0.3 is 11.1 Å². The second-order valence-corrected chi connectivity index (χ2v) is 5.17. The van der Waals surface area contributed by atoms with E-state index in [1.165, 1.54) is 4.80 Å². The molecule has 0 aliphatic carbocycles. The molecule has 8 nitrogen and oxygen atoms in total. The number of carbonyl (C=O) groups is 2. The molecule has 0 atom stereocenters. The van der Waals surface area contributed by atoms with Gasteiger partial charge in [-0.15, -0.1) is 10.2 Å². The van der Waals surface area contributed by atoms with Crippen molar-refractivity contribution in [3.63, 3.8) is 0 Å². The average molecular weight is 316 g/mol. The molecule has 2 amide bonds. The van der Waals surface area contributed by atoms with Crippen molar-refractivity contribution >= 4 is 11.8 Å². The fourth-order valence-corrected chi connectivity index (χ4v) is 2.10. The van der Waals surface area contributed by atoms with Crippen molar-refractivity contribution in [2.75, 3.05) is 0 Å². The van der Waals surface area contributed by atoms with E-state index < -0.39 is 5.91 Å². The van der Waals surface area contributed by atoms with Gasteiger partial charge in [0.1, 0.15) is 6.54 Å². The largest absolute Gasteiger partial charge is 0.366 e. The lowest BCUT2D eigenvalue weighted by atomic mass is 10.1. The Morgan fingerprint density at radius 1 is 1.22 bits per heavy atom. The summed E-state index contributed by atoms with van der Waals surface area (Å²) in [7, 11) is 0. The molecule has 1 aromatic carbocycles. The molecule has 0 aliphatic heterocycles. The molecule has 0 saturated heterocycles. The number of primary amides is 1. The van der Waals surface area contributed by atoms with Gasteiger partial charge in [-0.1, -0.05) is 26.0 Å². The maximum Gasteiger partial charge on any atom is 0.248 e. The first kappa shape index (κ1) is 16.6. The minimum Gasteiger partial charge on any atom is -0.366 e. The molecule has 0 spiro atoms. The van der Waals surface area contributed by atoms with Crippen LogP contribution in [0, 0.1) is 0 Å². The van der Waals surface area contributed by atoms with Gasteiger partial charge in [-0.25, -0.2) is 0 Å². The predicted octanol–water partition coefficient (Wildman–Crippen LogP) is 0.744. The van der Waals surface area contributed by atoms with Crippen LogP contribution in [0.3, 0.4) is 0 Å². The lowest BCUT2D eigenvalue weighted by Crippen LogP contribution is -2.36. The SMILES string of the molecule is CCC(CC)NC(=O)Cn1nnc(-c2ccc(C(N)=O)cc2)n1. The molecule has 1 heterocycles. The van der Waals surface area contributed by atoms with Crippen LogP contribution in [0.15, 0.2) is 24.3 Å². The predicted molar refractivity (Wildman–Crippen MR) is 84.3 cm³/mol.